The van der Waals surface area contributed by atoms with Crippen molar-refractivity contribution >= 4 is 22.8 Å². The number of carbonyl (C=O) groups is 1. The van der Waals surface area contributed by atoms with Gasteiger partial charge in [0.15, 0.2) is 11.5 Å². The van der Waals surface area contributed by atoms with Crippen molar-refractivity contribution in [1.82, 2.24) is 10.3 Å². The molecule has 1 aromatic heterocycles. The van der Waals surface area contributed by atoms with E-state index >= 15 is 0 Å². The molecule has 2 N–H and O–H groups in total. The zero-order valence-electron chi connectivity index (χ0n) is 13.4. The van der Waals surface area contributed by atoms with Gasteiger partial charge < -0.3 is 15.1 Å². The summed E-state index contributed by atoms with van der Waals surface area (Å²) in [5, 5.41) is 5.70. The van der Waals surface area contributed by atoms with Crippen molar-refractivity contribution in [3.8, 4) is 0 Å². The maximum atomic E-state index is 11.8. The number of benzene rings is 1. The molecule has 0 fully saturated rings. The van der Waals surface area contributed by atoms with Gasteiger partial charge in [-0.3, -0.25) is 0 Å². The number of carbonyl (C=O) groups excluding carboxylic acids is 1. The van der Waals surface area contributed by atoms with E-state index in [0.29, 0.717) is 12.4 Å². The van der Waals surface area contributed by atoms with Crippen molar-refractivity contribution in [3.05, 3.63) is 24.1 Å². The second-order valence-corrected chi connectivity index (χ2v) is 5.56. The number of fused-ring (bicyclic) bond motifs is 1. The summed E-state index contributed by atoms with van der Waals surface area (Å²) in [4.78, 5) is 16.1. The fourth-order valence-electron chi connectivity index (χ4n) is 2.40. The first kappa shape index (κ1) is 16.3. The molecule has 0 aliphatic heterocycles. The number of aryl methyl sites for hydroxylation is 1. The van der Waals surface area contributed by atoms with E-state index < -0.39 is 0 Å². The highest BCUT2D eigenvalue weighted by Gasteiger charge is 2.05. The average molecular weight is 303 g/mol. The smallest absolute Gasteiger partial charge is 0.319 e. The molecule has 2 amide bonds. The van der Waals surface area contributed by atoms with Gasteiger partial charge >= 0.3 is 6.03 Å². The highest BCUT2D eigenvalue weighted by atomic mass is 16.3. The maximum absolute atomic E-state index is 11.8. The third-order valence-corrected chi connectivity index (χ3v) is 3.57. The van der Waals surface area contributed by atoms with E-state index in [-0.39, 0.29) is 6.03 Å². The molecule has 0 bridgehead atoms. The van der Waals surface area contributed by atoms with Crippen molar-refractivity contribution in [1.29, 1.82) is 0 Å². The highest BCUT2D eigenvalue weighted by molar-refractivity contribution is 5.91. The van der Waals surface area contributed by atoms with Crippen LogP contribution < -0.4 is 10.6 Å². The third-order valence-electron chi connectivity index (χ3n) is 3.57. The molecule has 2 aromatic rings. The van der Waals surface area contributed by atoms with Gasteiger partial charge in [0.25, 0.3) is 0 Å². The van der Waals surface area contributed by atoms with Crippen molar-refractivity contribution in [3.63, 3.8) is 0 Å². The Labute approximate surface area is 131 Å². The van der Waals surface area contributed by atoms with E-state index in [1.54, 1.807) is 6.92 Å². The number of hydrogen-bond acceptors (Lipinski definition) is 3. The summed E-state index contributed by atoms with van der Waals surface area (Å²) in [6.07, 6.45) is 7.30. The molecule has 5 nitrogen and oxygen atoms in total. The van der Waals surface area contributed by atoms with Crippen LogP contribution in [0.15, 0.2) is 22.6 Å². The molecule has 22 heavy (non-hydrogen) atoms. The largest absolute Gasteiger partial charge is 0.441 e. The van der Waals surface area contributed by atoms with Gasteiger partial charge in [0.2, 0.25) is 0 Å². The molecule has 0 aliphatic rings. The number of unbranched alkanes of at least 4 members (excludes halogenated alkanes) is 5. The first-order valence-electron chi connectivity index (χ1n) is 8.11. The number of nitrogens with one attached hydrogen (secondary N) is 2. The average Bonchev–Trinajstić information content (AvgIpc) is 2.85. The van der Waals surface area contributed by atoms with Gasteiger partial charge in [-0.05, 0) is 24.6 Å². The number of amides is 2. The first-order chi connectivity index (χ1) is 10.7. The van der Waals surface area contributed by atoms with Gasteiger partial charge in [0.1, 0.15) is 5.52 Å². The van der Waals surface area contributed by atoms with Crippen LogP contribution in [0.3, 0.4) is 0 Å². The Kier molecular flexibility index (Phi) is 6.25. The van der Waals surface area contributed by atoms with Crippen molar-refractivity contribution < 1.29 is 9.21 Å². The Morgan fingerprint density at radius 2 is 1.95 bits per heavy atom. The molecular formula is C17H25N3O2. The van der Waals surface area contributed by atoms with Crippen LogP contribution in [0.4, 0.5) is 10.5 Å². The van der Waals surface area contributed by atoms with Gasteiger partial charge in [0, 0.05) is 19.2 Å². The Morgan fingerprint density at radius 3 is 2.77 bits per heavy atom. The molecule has 0 atom stereocenters. The minimum Gasteiger partial charge on any atom is -0.441 e. The predicted octanol–water partition coefficient (Wildman–Crippen LogP) is 4.62. The lowest BCUT2D eigenvalue weighted by atomic mass is 10.1. The Hall–Kier alpha value is -2.04. The molecule has 0 saturated carbocycles. The fraction of sp³-hybridized carbons (Fsp3) is 0.529. The summed E-state index contributed by atoms with van der Waals surface area (Å²) in [6, 6.07) is 5.28. The molecule has 0 saturated heterocycles. The highest BCUT2D eigenvalue weighted by Crippen LogP contribution is 2.19. The molecule has 0 radical (unpaired) electrons. The van der Waals surface area contributed by atoms with Crippen molar-refractivity contribution in [2.24, 2.45) is 0 Å². The Bertz CT molecular complexity index is 607. The van der Waals surface area contributed by atoms with Crippen molar-refractivity contribution in [2.75, 3.05) is 11.9 Å². The lowest BCUT2D eigenvalue weighted by molar-refractivity contribution is 0.252. The first-order valence-corrected chi connectivity index (χ1v) is 8.11. The van der Waals surface area contributed by atoms with E-state index in [1.165, 1.54) is 32.1 Å². The minimum atomic E-state index is -0.173. The van der Waals surface area contributed by atoms with E-state index in [1.807, 2.05) is 18.2 Å². The number of hydrogen-bond donors (Lipinski definition) is 2. The number of oxazole rings is 1. The summed E-state index contributed by atoms with van der Waals surface area (Å²) in [6.45, 7) is 4.73. The molecule has 1 heterocycles. The van der Waals surface area contributed by atoms with Gasteiger partial charge in [0.05, 0.1) is 0 Å². The van der Waals surface area contributed by atoms with E-state index in [4.69, 9.17) is 4.42 Å². The number of urea groups is 1. The maximum Gasteiger partial charge on any atom is 0.319 e. The summed E-state index contributed by atoms with van der Waals surface area (Å²) in [5.74, 6) is 0.625. The number of nitrogens with zero attached hydrogens (tertiary/aromatic N) is 1. The zero-order chi connectivity index (χ0) is 15.8. The van der Waals surface area contributed by atoms with Crippen molar-refractivity contribution in [2.45, 2.75) is 52.4 Å². The van der Waals surface area contributed by atoms with Crippen LogP contribution >= 0.6 is 0 Å². The molecule has 120 valence electrons. The van der Waals surface area contributed by atoms with Crippen LogP contribution in [0.25, 0.3) is 11.1 Å². The van der Waals surface area contributed by atoms with Gasteiger partial charge in [-0.25, -0.2) is 9.78 Å². The molecule has 2 rings (SSSR count). The molecule has 0 unspecified atom stereocenters. The van der Waals surface area contributed by atoms with Crippen LogP contribution in [0.2, 0.25) is 0 Å². The van der Waals surface area contributed by atoms with Gasteiger partial charge in [-0.2, -0.15) is 0 Å². The number of anilines is 1. The second-order valence-electron chi connectivity index (χ2n) is 5.56. The van der Waals surface area contributed by atoms with Crippen LogP contribution in [0, 0.1) is 6.92 Å². The zero-order valence-corrected chi connectivity index (χ0v) is 13.4. The second kappa shape index (κ2) is 8.41. The lowest BCUT2D eigenvalue weighted by Gasteiger charge is -2.07. The number of aromatic nitrogens is 1. The van der Waals surface area contributed by atoms with Crippen LogP contribution in [0.5, 0.6) is 0 Å². The van der Waals surface area contributed by atoms with Gasteiger partial charge in [-0.15, -0.1) is 0 Å². The Balaban J connectivity index is 1.69. The Morgan fingerprint density at radius 1 is 1.18 bits per heavy atom. The third kappa shape index (κ3) is 5.06. The monoisotopic (exact) mass is 303 g/mol. The molecular weight excluding hydrogens is 278 g/mol. The molecule has 1 aromatic carbocycles. The normalized spacial score (nSPS) is 10.8. The van der Waals surface area contributed by atoms with Gasteiger partial charge in [-0.1, -0.05) is 39.0 Å². The summed E-state index contributed by atoms with van der Waals surface area (Å²) < 4.78 is 5.41. The lowest BCUT2D eigenvalue weighted by Crippen LogP contribution is -2.29. The minimum absolute atomic E-state index is 0.173. The number of rotatable bonds is 8. The van der Waals surface area contributed by atoms with E-state index in [2.05, 4.69) is 22.5 Å². The quantitative estimate of drug-likeness (QED) is 0.699. The molecule has 0 aliphatic carbocycles. The van der Waals surface area contributed by atoms with Crippen LogP contribution in [0.1, 0.15) is 51.3 Å². The topological polar surface area (TPSA) is 67.2 Å². The standard InChI is InChI=1S/C17H25N3O2/c1-3-4-5-6-7-8-11-18-17(21)20-14-9-10-16-15(12-14)19-13(2)22-16/h9-10,12H,3-8,11H2,1-2H3,(H2,18,20,21). The summed E-state index contributed by atoms with van der Waals surface area (Å²) in [5.41, 5.74) is 2.21. The van der Waals surface area contributed by atoms with E-state index in [9.17, 15) is 4.79 Å². The van der Waals surface area contributed by atoms with Crippen LogP contribution in [-0.2, 0) is 0 Å². The summed E-state index contributed by atoms with van der Waals surface area (Å²) in [7, 11) is 0. The molecule has 0 spiro atoms. The fourth-order valence-corrected chi connectivity index (χ4v) is 2.40. The summed E-state index contributed by atoms with van der Waals surface area (Å²) >= 11 is 0. The van der Waals surface area contributed by atoms with E-state index in [0.717, 1.165) is 23.2 Å². The van der Waals surface area contributed by atoms with Crippen LogP contribution in [-0.4, -0.2) is 17.6 Å². The predicted molar refractivity (Wildman–Crippen MR) is 89.1 cm³/mol. The SMILES string of the molecule is CCCCCCCCNC(=O)Nc1ccc2oc(C)nc2c1. The molecule has 5 heteroatoms.